The van der Waals surface area contributed by atoms with Crippen molar-refractivity contribution in [3.8, 4) is 0 Å². The maximum Gasteiger partial charge on any atom is 0.0176 e. The molecule has 63 heavy (non-hydrogen) atoms. The Kier molecular flexibility index (Phi) is 10.3. The lowest BCUT2D eigenvalue weighted by Crippen LogP contribution is -2.26. The molecule has 0 amide bonds. The quantitative estimate of drug-likeness (QED) is 0.127. The van der Waals surface area contributed by atoms with E-state index in [1.54, 1.807) is 10.6 Å². The van der Waals surface area contributed by atoms with Crippen LogP contribution in [-0.4, -0.2) is 0 Å². The summed E-state index contributed by atoms with van der Waals surface area (Å²) < 4.78 is 0. The summed E-state index contributed by atoms with van der Waals surface area (Å²) in [6, 6.07) is 85.3. The number of fused-ring (bicyclic) bond motifs is 6. The van der Waals surface area contributed by atoms with Crippen LogP contribution >= 0.6 is 23.8 Å². The minimum atomic E-state index is -1.15. The van der Waals surface area contributed by atoms with E-state index < -0.39 is 23.8 Å². The lowest BCUT2D eigenvalue weighted by molar-refractivity contribution is 0.664. The van der Waals surface area contributed by atoms with Crippen LogP contribution in [0.15, 0.2) is 235 Å². The van der Waals surface area contributed by atoms with Crippen molar-refractivity contribution in [3.05, 3.63) is 257 Å². The molecule has 0 spiro atoms. The first-order valence-electron chi connectivity index (χ1n) is 22.0. The Labute approximate surface area is 376 Å². The fraction of sp³-hybridized carbons (Fsp3) is 0.100. The predicted molar refractivity (Wildman–Crippen MR) is 279 cm³/mol. The van der Waals surface area contributed by atoms with Crippen LogP contribution in [0.3, 0.4) is 0 Å². The van der Waals surface area contributed by atoms with Gasteiger partial charge >= 0.3 is 0 Å². The monoisotopic (exact) mass is 862 g/mol. The zero-order valence-electron chi connectivity index (χ0n) is 36.2. The third-order valence-electron chi connectivity index (χ3n) is 13.2. The lowest BCUT2D eigenvalue weighted by Gasteiger charge is -2.40. The van der Waals surface area contributed by atoms with Crippen LogP contribution in [0.25, 0.3) is 32.2 Å². The molecule has 0 radical (unpaired) electrons. The zero-order valence-corrected chi connectivity index (χ0v) is 38.9. The second-order valence-corrected chi connectivity index (χ2v) is 24.1. The number of benzene rings is 9. The molecule has 0 N–H and O–H groups in total. The minimum absolute atomic E-state index is 0.315. The molecule has 2 aliphatic rings. The van der Waals surface area contributed by atoms with E-state index in [-0.39, 0.29) is 10.8 Å². The highest BCUT2D eigenvalue weighted by Gasteiger charge is 2.52. The van der Waals surface area contributed by atoms with Crippen LogP contribution < -0.4 is 26.5 Å². The van der Waals surface area contributed by atoms with Gasteiger partial charge in [-0.15, -0.1) is 0 Å². The normalized spacial score (nSPS) is 15.2. The molecule has 0 nitrogen and oxygen atoms in total. The van der Waals surface area contributed by atoms with E-state index in [1.807, 2.05) is 0 Å². The molecule has 9 aromatic carbocycles. The number of rotatable bonds is 9. The Morgan fingerprint density at radius 2 is 0.540 bits per heavy atom. The average molecular weight is 863 g/mol. The Hall–Kier alpha value is -5.73. The molecule has 11 rings (SSSR count). The van der Waals surface area contributed by atoms with Crippen molar-refractivity contribution in [2.24, 2.45) is 0 Å². The molecular weight excluding hydrogens is 814 g/mol. The third kappa shape index (κ3) is 6.62. The molecule has 0 bridgehead atoms. The predicted octanol–water partition coefficient (Wildman–Crippen LogP) is 14.7. The van der Waals surface area contributed by atoms with E-state index in [9.17, 15) is 0 Å². The first kappa shape index (κ1) is 40.1. The smallest absolute Gasteiger partial charge is 0.0176 e. The number of hydrogen-bond donors (Lipinski definition) is 0. The molecule has 0 atom stereocenters. The summed E-state index contributed by atoms with van der Waals surface area (Å²) >= 11 is 0. The van der Waals surface area contributed by atoms with Gasteiger partial charge in [0.25, 0.3) is 0 Å². The van der Waals surface area contributed by atoms with Gasteiger partial charge in [-0.25, -0.2) is 0 Å². The molecule has 0 aliphatic heterocycles. The maximum atomic E-state index is 2.56. The van der Waals surface area contributed by atoms with Gasteiger partial charge < -0.3 is 0 Å². The molecule has 0 saturated heterocycles. The second kappa shape index (κ2) is 16.1. The van der Waals surface area contributed by atoms with Gasteiger partial charge in [0.15, 0.2) is 0 Å². The van der Waals surface area contributed by atoms with E-state index in [4.69, 9.17) is 0 Å². The second-order valence-electron chi connectivity index (χ2n) is 17.7. The van der Waals surface area contributed by atoms with Crippen molar-refractivity contribution in [1.82, 2.24) is 0 Å². The summed E-state index contributed by atoms with van der Waals surface area (Å²) in [6.07, 6.45) is 0. The highest BCUT2D eigenvalue weighted by molar-refractivity contribution is 7.86. The summed E-state index contributed by atoms with van der Waals surface area (Å²) in [6.45, 7) is 10.2. The Balaban J connectivity index is 1.34. The van der Waals surface area contributed by atoms with Gasteiger partial charge in [0, 0.05) is 10.8 Å². The molecular formula is C60H49P3. The largest absolute Gasteiger partial charge is 0.0622 e. The average Bonchev–Trinajstić information content (AvgIpc) is 3.71. The van der Waals surface area contributed by atoms with E-state index in [0.717, 1.165) is 0 Å². The maximum absolute atomic E-state index is 2.56. The molecule has 0 aromatic heterocycles. The van der Waals surface area contributed by atoms with Crippen LogP contribution in [0.4, 0.5) is 0 Å². The molecule has 0 heterocycles. The fourth-order valence-electron chi connectivity index (χ4n) is 10.7. The van der Waals surface area contributed by atoms with Crippen molar-refractivity contribution in [3.63, 3.8) is 0 Å². The van der Waals surface area contributed by atoms with E-state index in [1.165, 1.54) is 80.9 Å². The van der Waals surface area contributed by atoms with Crippen LogP contribution in [0.5, 0.6) is 0 Å². The van der Waals surface area contributed by atoms with Crippen LogP contribution in [0.1, 0.15) is 49.9 Å². The molecule has 3 heteroatoms. The van der Waals surface area contributed by atoms with Crippen LogP contribution in [0.2, 0.25) is 0 Å². The Bertz CT molecular complexity index is 2930. The molecule has 0 unspecified atom stereocenters. The SMILES string of the molecule is CC1(C)C(P(C2=C(P(c3ccccc3)c3ccccc3)c3ccc4ccccc4c3C2(C)C)c2ccccc2)=C(P(c2ccccc2)c2ccccc2)c2ccc3ccccc3c21. The molecule has 304 valence electrons. The van der Waals surface area contributed by atoms with Gasteiger partial charge in [-0.1, -0.05) is 252 Å². The van der Waals surface area contributed by atoms with Crippen molar-refractivity contribution < 1.29 is 0 Å². The summed E-state index contributed by atoms with van der Waals surface area (Å²) in [5, 5.41) is 18.5. The van der Waals surface area contributed by atoms with Crippen LogP contribution in [-0.2, 0) is 10.8 Å². The molecule has 2 aliphatic carbocycles. The highest BCUT2D eigenvalue weighted by Crippen LogP contribution is 2.77. The van der Waals surface area contributed by atoms with E-state index >= 15 is 0 Å². The number of hydrogen-bond acceptors (Lipinski definition) is 0. The van der Waals surface area contributed by atoms with Gasteiger partial charge in [-0.05, 0) is 115 Å². The van der Waals surface area contributed by atoms with E-state index in [2.05, 4.69) is 252 Å². The standard InChI is InChI=1S/C60H49P3/c1-59(2)53-49-36-22-20-24-42(49)38-40-51(53)55(61(44-26-10-5-11-27-44)45-28-12-6-13-29-45)57(59)63(48-34-18-9-19-35-48)58-56(62(46-30-14-7-15-31-46)47-32-16-8-17-33-47)52-41-39-43-25-21-23-37-50(43)54(52)60(58,3)4/h5-41H,1-4H3. The first-order valence-corrected chi connectivity index (χ1v) is 26.1. The molecule has 0 saturated carbocycles. The Morgan fingerprint density at radius 3 is 0.857 bits per heavy atom. The Morgan fingerprint density at radius 1 is 0.270 bits per heavy atom. The summed E-state index contributed by atoms with van der Waals surface area (Å²) in [4.78, 5) is 0. The van der Waals surface area contributed by atoms with Gasteiger partial charge in [-0.2, -0.15) is 0 Å². The van der Waals surface area contributed by atoms with Gasteiger partial charge in [0.05, 0.1) is 0 Å². The highest BCUT2D eigenvalue weighted by atomic mass is 31.1. The third-order valence-corrected chi connectivity index (χ3v) is 21.9. The summed E-state index contributed by atoms with van der Waals surface area (Å²) in [5.74, 6) is 0. The van der Waals surface area contributed by atoms with Crippen LogP contribution in [0, 0.1) is 0 Å². The summed E-state index contributed by atoms with van der Waals surface area (Å²) in [5.41, 5.74) is 5.11. The minimum Gasteiger partial charge on any atom is -0.0622 e. The zero-order chi connectivity index (χ0) is 42.7. The molecule has 0 fully saturated rings. The fourth-order valence-corrected chi connectivity index (χ4v) is 20.4. The van der Waals surface area contributed by atoms with Gasteiger partial charge in [0.1, 0.15) is 0 Å². The van der Waals surface area contributed by atoms with Gasteiger partial charge in [0.2, 0.25) is 0 Å². The first-order chi connectivity index (χ1) is 30.8. The van der Waals surface area contributed by atoms with Gasteiger partial charge in [-0.3, -0.25) is 0 Å². The topological polar surface area (TPSA) is 0 Å². The van der Waals surface area contributed by atoms with Crippen molar-refractivity contribution in [2.75, 3.05) is 0 Å². The van der Waals surface area contributed by atoms with Crippen molar-refractivity contribution in [2.45, 2.75) is 38.5 Å². The number of allylic oxidation sites excluding steroid dienone is 2. The lowest BCUT2D eigenvalue weighted by atomic mass is 9.83. The van der Waals surface area contributed by atoms with E-state index in [0.29, 0.717) is 0 Å². The van der Waals surface area contributed by atoms with Crippen molar-refractivity contribution >= 4 is 82.5 Å². The van der Waals surface area contributed by atoms with Crippen molar-refractivity contribution in [1.29, 1.82) is 0 Å². The summed E-state index contributed by atoms with van der Waals surface area (Å²) in [7, 11) is -3.12. The molecule has 9 aromatic rings.